The molecule has 5 amide bonds. The van der Waals surface area contributed by atoms with Crippen LogP contribution in [0.3, 0.4) is 0 Å². The van der Waals surface area contributed by atoms with Crippen LogP contribution in [0.15, 0.2) is 18.2 Å². The molecule has 1 aromatic rings. The topological polar surface area (TPSA) is 153 Å². The molecule has 0 aromatic heterocycles. The summed E-state index contributed by atoms with van der Waals surface area (Å²) in [6.45, 7) is -0.276. The Morgan fingerprint density at radius 3 is 2.55 bits per heavy atom. The van der Waals surface area contributed by atoms with Crippen molar-refractivity contribution < 1.29 is 33.9 Å². The highest BCUT2D eigenvalue weighted by Crippen LogP contribution is 2.41. The summed E-state index contributed by atoms with van der Waals surface area (Å²) in [4.78, 5) is 75.3. The number of likely N-dealkylation sites (N-methyl/N-ethyl adjacent to an activating group) is 1. The Bertz CT molecular complexity index is 1050. The zero-order chi connectivity index (χ0) is 22.5. The van der Waals surface area contributed by atoms with Crippen molar-refractivity contribution in [3.8, 4) is 0 Å². The van der Waals surface area contributed by atoms with Crippen LogP contribution in [0.5, 0.6) is 0 Å². The summed E-state index contributed by atoms with van der Waals surface area (Å²) < 4.78 is 0. The number of carbonyl (C=O) groups is 6. The average molecular weight is 428 g/mol. The van der Waals surface area contributed by atoms with Crippen LogP contribution in [-0.4, -0.2) is 75.6 Å². The van der Waals surface area contributed by atoms with Crippen molar-refractivity contribution >= 4 is 41.2 Å². The lowest BCUT2D eigenvalue weighted by Crippen LogP contribution is -2.54. The summed E-state index contributed by atoms with van der Waals surface area (Å²) in [5.41, 5.74) is -0.838. The molecule has 4 rings (SSSR count). The number of imide groups is 2. The maximum absolute atomic E-state index is 13.0. The van der Waals surface area contributed by atoms with Crippen molar-refractivity contribution in [2.24, 2.45) is 0 Å². The SMILES string of the molecule is CN(C(=O)CNc1cccc2c1C(=O)N(C1CCC(=O)NC1=O)C2=O)C1(C(=O)O)CC1. The maximum atomic E-state index is 13.0. The molecule has 2 aliphatic heterocycles. The van der Waals surface area contributed by atoms with Crippen LogP contribution in [0.2, 0.25) is 0 Å². The first-order chi connectivity index (χ1) is 14.7. The lowest BCUT2D eigenvalue weighted by atomic mass is 10.0. The largest absolute Gasteiger partial charge is 0.479 e. The maximum Gasteiger partial charge on any atom is 0.329 e. The molecule has 2 fully saturated rings. The van der Waals surface area contributed by atoms with E-state index < -0.39 is 47.1 Å². The molecule has 11 nitrogen and oxygen atoms in total. The highest BCUT2D eigenvalue weighted by Gasteiger charge is 2.55. The van der Waals surface area contributed by atoms with Gasteiger partial charge in [0.1, 0.15) is 11.6 Å². The molecule has 3 N–H and O–H groups in total. The van der Waals surface area contributed by atoms with Gasteiger partial charge < -0.3 is 15.3 Å². The van der Waals surface area contributed by atoms with Gasteiger partial charge in [-0.1, -0.05) is 6.07 Å². The van der Waals surface area contributed by atoms with Gasteiger partial charge in [0.15, 0.2) is 0 Å². The molecule has 1 saturated heterocycles. The third kappa shape index (κ3) is 3.22. The number of hydrogen-bond donors (Lipinski definition) is 3. The van der Waals surface area contributed by atoms with Crippen molar-refractivity contribution in [2.45, 2.75) is 37.3 Å². The van der Waals surface area contributed by atoms with Crippen LogP contribution >= 0.6 is 0 Å². The zero-order valence-corrected chi connectivity index (χ0v) is 16.6. The second kappa shape index (κ2) is 7.18. The number of carbonyl (C=O) groups excluding carboxylic acids is 5. The number of fused-ring (bicyclic) bond motifs is 1. The van der Waals surface area contributed by atoms with Gasteiger partial charge >= 0.3 is 5.97 Å². The Morgan fingerprint density at radius 2 is 1.94 bits per heavy atom. The Kier molecular flexibility index (Phi) is 4.75. The van der Waals surface area contributed by atoms with E-state index in [9.17, 15) is 33.9 Å². The molecule has 11 heteroatoms. The lowest BCUT2D eigenvalue weighted by Gasteiger charge is -2.28. The molecular weight excluding hydrogens is 408 g/mol. The molecule has 1 atom stereocenters. The highest BCUT2D eigenvalue weighted by atomic mass is 16.4. The smallest absolute Gasteiger partial charge is 0.329 e. The van der Waals surface area contributed by atoms with Crippen molar-refractivity contribution in [1.29, 1.82) is 0 Å². The van der Waals surface area contributed by atoms with Gasteiger partial charge in [0.05, 0.1) is 17.7 Å². The number of nitrogens with zero attached hydrogens (tertiary/aromatic N) is 2. The molecule has 1 aliphatic carbocycles. The Morgan fingerprint density at radius 1 is 1.23 bits per heavy atom. The van der Waals surface area contributed by atoms with Crippen LogP contribution < -0.4 is 10.6 Å². The van der Waals surface area contributed by atoms with Gasteiger partial charge in [0.25, 0.3) is 11.8 Å². The lowest BCUT2D eigenvalue weighted by molar-refractivity contribution is -0.150. The third-order valence-electron chi connectivity index (χ3n) is 6.04. The molecule has 162 valence electrons. The highest BCUT2D eigenvalue weighted by molar-refractivity contribution is 6.25. The van der Waals surface area contributed by atoms with Gasteiger partial charge in [0.2, 0.25) is 17.7 Å². The molecule has 1 saturated carbocycles. The number of carboxylic acids is 1. The molecule has 31 heavy (non-hydrogen) atoms. The second-order valence-electron chi connectivity index (χ2n) is 7.82. The number of nitrogens with one attached hydrogen (secondary N) is 2. The van der Waals surface area contributed by atoms with Crippen LogP contribution in [0.4, 0.5) is 5.69 Å². The van der Waals surface area contributed by atoms with Gasteiger partial charge in [-0.15, -0.1) is 0 Å². The van der Waals surface area contributed by atoms with Gasteiger partial charge in [-0.2, -0.15) is 0 Å². The van der Waals surface area contributed by atoms with Crippen molar-refractivity contribution in [2.75, 3.05) is 18.9 Å². The summed E-state index contributed by atoms with van der Waals surface area (Å²) in [6, 6.07) is 3.42. The van der Waals surface area contributed by atoms with E-state index in [1.165, 1.54) is 30.1 Å². The van der Waals surface area contributed by atoms with Crippen LogP contribution in [0.25, 0.3) is 0 Å². The minimum absolute atomic E-state index is 0.0150. The average Bonchev–Trinajstić information content (AvgIpc) is 3.50. The first kappa shape index (κ1) is 20.5. The fourth-order valence-corrected chi connectivity index (χ4v) is 4.00. The fourth-order valence-electron chi connectivity index (χ4n) is 4.00. The standard InChI is InChI=1S/C20H20N4O7/c1-23(20(7-8-20)19(30)31)14(26)9-21-11-4-2-3-10-15(11)18(29)24(17(10)28)12-5-6-13(25)22-16(12)27/h2-4,12,21H,5-9H2,1H3,(H,30,31)(H,22,25,27). The van der Waals surface area contributed by atoms with E-state index in [0.29, 0.717) is 12.8 Å². The summed E-state index contributed by atoms with van der Waals surface area (Å²) >= 11 is 0. The van der Waals surface area contributed by atoms with E-state index in [1.807, 2.05) is 0 Å². The number of anilines is 1. The molecule has 2 heterocycles. The van der Waals surface area contributed by atoms with E-state index in [2.05, 4.69) is 10.6 Å². The van der Waals surface area contributed by atoms with Gasteiger partial charge in [-0.05, 0) is 31.4 Å². The predicted octanol–water partition coefficient (Wildman–Crippen LogP) is -0.425. The number of amides is 5. The predicted molar refractivity (Wildman–Crippen MR) is 104 cm³/mol. The summed E-state index contributed by atoms with van der Waals surface area (Å²) in [5.74, 6) is -4.05. The molecule has 0 spiro atoms. The number of piperidine rings is 1. The first-order valence-electron chi connectivity index (χ1n) is 9.76. The summed E-state index contributed by atoms with van der Waals surface area (Å²) in [7, 11) is 1.42. The minimum Gasteiger partial charge on any atom is -0.479 e. The summed E-state index contributed by atoms with van der Waals surface area (Å²) in [5, 5.41) is 14.3. The minimum atomic E-state index is -1.19. The van der Waals surface area contributed by atoms with Gasteiger partial charge in [-0.25, -0.2) is 4.79 Å². The van der Waals surface area contributed by atoms with Crippen molar-refractivity contribution in [3.05, 3.63) is 29.3 Å². The third-order valence-corrected chi connectivity index (χ3v) is 6.04. The number of hydrogen-bond acceptors (Lipinski definition) is 7. The van der Waals surface area contributed by atoms with Crippen LogP contribution in [0.1, 0.15) is 46.4 Å². The quantitative estimate of drug-likeness (QED) is 0.516. The number of benzene rings is 1. The molecule has 3 aliphatic rings. The molecule has 1 unspecified atom stereocenters. The number of carboxylic acid groups (broad SMARTS) is 1. The van der Waals surface area contributed by atoms with E-state index in [0.717, 1.165) is 4.90 Å². The Labute approximate surface area is 176 Å². The molecule has 0 bridgehead atoms. The van der Waals surface area contributed by atoms with E-state index >= 15 is 0 Å². The van der Waals surface area contributed by atoms with Crippen LogP contribution in [0, 0.1) is 0 Å². The van der Waals surface area contributed by atoms with Crippen molar-refractivity contribution in [3.63, 3.8) is 0 Å². The van der Waals surface area contributed by atoms with E-state index in [-0.39, 0.29) is 36.2 Å². The Hall–Kier alpha value is -3.76. The van der Waals surface area contributed by atoms with E-state index in [4.69, 9.17) is 0 Å². The fraction of sp³-hybridized carbons (Fsp3) is 0.400. The zero-order valence-electron chi connectivity index (χ0n) is 16.6. The first-order valence-corrected chi connectivity index (χ1v) is 9.76. The van der Waals surface area contributed by atoms with Crippen molar-refractivity contribution in [1.82, 2.24) is 15.1 Å². The van der Waals surface area contributed by atoms with E-state index in [1.54, 1.807) is 0 Å². The Balaban J connectivity index is 1.53. The van der Waals surface area contributed by atoms with Gasteiger partial charge in [-0.3, -0.25) is 34.2 Å². The number of rotatable bonds is 6. The molecule has 1 aromatic carbocycles. The number of aliphatic carboxylic acids is 1. The second-order valence-corrected chi connectivity index (χ2v) is 7.82. The molecular formula is C20H20N4O7. The molecule has 0 radical (unpaired) electrons. The van der Waals surface area contributed by atoms with Gasteiger partial charge in [0, 0.05) is 19.2 Å². The van der Waals surface area contributed by atoms with Crippen LogP contribution in [-0.2, 0) is 19.2 Å². The summed E-state index contributed by atoms with van der Waals surface area (Å²) in [6.07, 6.45) is 0.805. The normalized spacial score (nSPS) is 21.5. The monoisotopic (exact) mass is 428 g/mol.